The molecule has 2 heterocycles. The van der Waals surface area contributed by atoms with E-state index in [9.17, 15) is 4.79 Å². The molecule has 0 aromatic carbocycles. The average molecular weight is 313 g/mol. The molecule has 1 N–H and O–H groups in total. The maximum atomic E-state index is 12.3. The van der Waals surface area contributed by atoms with Gasteiger partial charge < -0.3 is 10.2 Å². The minimum atomic E-state index is -0.0201. The zero-order valence-electron chi connectivity index (χ0n) is 12.5. The Kier molecular flexibility index (Phi) is 5.32. The lowest BCUT2D eigenvalue weighted by Gasteiger charge is -2.34. The Hall–Kier alpha value is -0.750. The Morgan fingerprint density at radius 3 is 2.85 bits per heavy atom. The summed E-state index contributed by atoms with van der Waals surface area (Å²) in [4.78, 5) is 18.7. The summed E-state index contributed by atoms with van der Waals surface area (Å²) in [5.41, 5.74) is 1.01. The quantitative estimate of drug-likeness (QED) is 0.931. The third kappa shape index (κ3) is 3.88. The number of thioether (sulfide) groups is 1. The molecule has 112 valence electrons. The molecule has 2 rings (SSSR count). The number of carbonyl (C=O) groups is 1. The first-order chi connectivity index (χ1) is 9.47. The molecule has 1 aromatic heterocycles. The Morgan fingerprint density at radius 2 is 2.25 bits per heavy atom. The molecule has 0 aliphatic carbocycles. The van der Waals surface area contributed by atoms with Crippen LogP contribution in [0.15, 0.2) is 5.38 Å². The fourth-order valence-electron chi connectivity index (χ4n) is 2.17. The maximum Gasteiger partial charge on any atom is 0.318 e. The van der Waals surface area contributed by atoms with Gasteiger partial charge in [0.2, 0.25) is 0 Å². The van der Waals surface area contributed by atoms with Crippen molar-refractivity contribution in [3.05, 3.63) is 16.1 Å². The van der Waals surface area contributed by atoms with Crippen LogP contribution >= 0.6 is 23.1 Å². The van der Waals surface area contributed by atoms with Crippen molar-refractivity contribution in [2.24, 2.45) is 5.92 Å². The van der Waals surface area contributed by atoms with Crippen LogP contribution in [-0.2, 0) is 0 Å². The van der Waals surface area contributed by atoms with Gasteiger partial charge in [-0.1, -0.05) is 13.8 Å². The number of hydrogen-bond donors (Lipinski definition) is 1. The topological polar surface area (TPSA) is 45.2 Å². The first kappa shape index (κ1) is 15.6. The van der Waals surface area contributed by atoms with Crippen LogP contribution in [0.2, 0.25) is 0 Å². The minimum absolute atomic E-state index is 0.0201. The molecule has 1 aliphatic rings. The zero-order valence-corrected chi connectivity index (χ0v) is 14.2. The second kappa shape index (κ2) is 6.80. The summed E-state index contributed by atoms with van der Waals surface area (Å²) in [7, 11) is 0. The summed E-state index contributed by atoms with van der Waals surface area (Å²) in [6.45, 7) is 10.1. The zero-order chi connectivity index (χ0) is 14.7. The van der Waals surface area contributed by atoms with Crippen molar-refractivity contribution < 1.29 is 4.79 Å². The van der Waals surface area contributed by atoms with Crippen LogP contribution in [0, 0.1) is 12.8 Å². The van der Waals surface area contributed by atoms with Crippen molar-refractivity contribution in [3.8, 4) is 0 Å². The average Bonchev–Trinajstić information content (AvgIpc) is 2.85. The fraction of sp³-hybridized carbons (Fsp3) is 0.714. The van der Waals surface area contributed by atoms with Crippen molar-refractivity contribution in [1.82, 2.24) is 15.2 Å². The van der Waals surface area contributed by atoms with Gasteiger partial charge in [0.1, 0.15) is 5.01 Å². The molecule has 1 aliphatic heterocycles. The van der Waals surface area contributed by atoms with E-state index in [1.54, 1.807) is 11.3 Å². The van der Waals surface area contributed by atoms with Crippen molar-refractivity contribution in [3.63, 3.8) is 0 Å². The molecule has 2 amide bonds. The Balaban J connectivity index is 1.91. The second-order valence-electron chi connectivity index (χ2n) is 5.60. The lowest BCUT2D eigenvalue weighted by Crippen LogP contribution is -2.48. The van der Waals surface area contributed by atoms with Crippen LogP contribution in [0.3, 0.4) is 0 Å². The van der Waals surface area contributed by atoms with Crippen molar-refractivity contribution >= 4 is 29.1 Å². The van der Waals surface area contributed by atoms with Gasteiger partial charge in [-0.3, -0.25) is 0 Å². The molecule has 6 heteroatoms. The first-order valence-corrected chi connectivity index (χ1v) is 8.99. The third-order valence-corrected chi connectivity index (χ3v) is 6.16. The third-order valence-electron chi connectivity index (χ3n) is 3.47. The molecular formula is C14H23N3OS2. The highest BCUT2D eigenvalue weighted by Gasteiger charge is 2.27. The molecule has 1 fully saturated rings. The van der Waals surface area contributed by atoms with Gasteiger partial charge in [0.25, 0.3) is 0 Å². The minimum Gasteiger partial charge on any atom is -0.329 e. The number of urea groups is 1. The van der Waals surface area contributed by atoms with Crippen LogP contribution in [-0.4, -0.2) is 40.0 Å². The van der Waals surface area contributed by atoms with E-state index in [-0.39, 0.29) is 12.1 Å². The predicted octanol–water partition coefficient (Wildman–Crippen LogP) is 3.30. The standard InChI is InChI=1S/C14H23N3OS2/c1-9(2)12-7-17(5-6-19-12)14(18)16-11(4)13-15-10(3)8-20-13/h8-9,11-12H,5-7H2,1-4H3,(H,16,18). The molecule has 0 bridgehead atoms. The summed E-state index contributed by atoms with van der Waals surface area (Å²) in [5.74, 6) is 1.63. The lowest BCUT2D eigenvalue weighted by atomic mass is 10.1. The number of rotatable bonds is 3. The van der Waals surface area contributed by atoms with E-state index in [0.717, 1.165) is 29.5 Å². The highest BCUT2D eigenvalue weighted by atomic mass is 32.2. The van der Waals surface area contributed by atoms with Gasteiger partial charge in [0.05, 0.1) is 6.04 Å². The molecular weight excluding hydrogens is 290 g/mol. The van der Waals surface area contributed by atoms with E-state index in [4.69, 9.17) is 0 Å². The van der Waals surface area contributed by atoms with Gasteiger partial charge in [-0.05, 0) is 19.8 Å². The number of aryl methyl sites for hydroxylation is 1. The van der Waals surface area contributed by atoms with Crippen LogP contribution in [0.5, 0.6) is 0 Å². The number of thiazole rings is 1. The molecule has 2 unspecified atom stereocenters. The van der Waals surface area contributed by atoms with Gasteiger partial charge >= 0.3 is 6.03 Å². The van der Waals surface area contributed by atoms with Crippen LogP contribution in [0.1, 0.15) is 37.5 Å². The molecule has 20 heavy (non-hydrogen) atoms. The predicted molar refractivity (Wildman–Crippen MR) is 86.5 cm³/mol. The molecule has 0 saturated carbocycles. The molecule has 4 nitrogen and oxygen atoms in total. The van der Waals surface area contributed by atoms with Crippen molar-refractivity contribution in [2.75, 3.05) is 18.8 Å². The molecule has 0 spiro atoms. The number of hydrogen-bond acceptors (Lipinski definition) is 4. The highest BCUT2D eigenvalue weighted by molar-refractivity contribution is 8.00. The summed E-state index contributed by atoms with van der Waals surface area (Å²) < 4.78 is 0. The van der Waals surface area contributed by atoms with E-state index in [0.29, 0.717) is 11.2 Å². The van der Waals surface area contributed by atoms with Crippen LogP contribution in [0.25, 0.3) is 0 Å². The van der Waals surface area contributed by atoms with E-state index in [1.165, 1.54) is 0 Å². The first-order valence-electron chi connectivity index (χ1n) is 7.06. The normalized spacial score (nSPS) is 21.1. The van der Waals surface area contributed by atoms with Crippen molar-refractivity contribution in [1.29, 1.82) is 0 Å². The Labute approximate surface area is 129 Å². The number of amides is 2. The summed E-state index contributed by atoms with van der Waals surface area (Å²) in [6, 6.07) is 0.0181. The van der Waals surface area contributed by atoms with Gasteiger partial charge in [0, 0.05) is 35.2 Å². The number of aromatic nitrogens is 1. The van der Waals surface area contributed by atoms with Gasteiger partial charge in [-0.2, -0.15) is 11.8 Å². The SMILES string of the molecule is Cc1csc(C(C)NC(=O)N2CCSC(C(C)C)C2)n1. The number of nitrogens with one attached hydrogen (secondary N) is 1. The van der Waals surface area contributed by atoms with E-state index < -0.39 is 0 Å². The lowest BCUT2D eigenvalue weighted by molar-refractivity contribution is 0.194. The maximum absolute atomic E-state index is 12.3. The highest BCUT2D eigenvalue weighted by Crippen LogP contribution is 2.25. The van der Waals surface area contributed by atoms with Gasteiger partial charge in [-0.25, -0.2) is 9.78 Å². The van der Waals surface area contributed by atoms with E-state index in [2.05, 4.69) is 24.1 Å². The summed E-state index contributed by atoms with van der Waals surface area (Å²) >= 11 is 3.58. The number of nitrogens with zero attached hydrogens (tertiary/aromatic N) is 2. The van der Waals surface area contributed by atoms with Crippen molar-refractivity contribution in [2.45, 2.75) is 39.0 Å². The summed E-state index contributed by atoms with van der Waals surface area (Å²) in [6.07, 6.45) is 0. The van der Waals surface area contributed by atoms with E-state index in [1.807, 2.05) is 35.9 Å². The number of carbonyl (C=O) groups excluding carboxylic acids is 1. The Bertz CT molecular complexity index is 461. The molecule has 0 radical (unpaired) electrons. The van der Waals surface area contributed by atoms with Crippen LogP contribution in [0.4, 0.5) is 4.79 Å². The molecule has 1 aromatic rings. The van der Waals surface area contributed by atoms with Gasteiger partial charge in [0.15, 0.2) is 0 Å². The Morgan fingerprint density at radius 1 is 1.50 bits per heavy atom. The monoisotopic (exact) mass is 313 g/mol. The van der Waals surface area contributed by atoms with Gasteiger partial charge in [-0.15, -0.1) is 11.3 Å². The smallest absolute Gasteiger partial charge is 0.318 e. The summed E-state index contributed by atoms with van der Waals surface area (Å²) in [5, 5.41) is 6.61. The largest absolute Gasteiger partial charge is 0.329 e. The van der Waals surface area contributed by atoms with Crippen LogP contribution < -0.4 is 5.32 Å². The second-order valence-corrected chi connectivity index (χ2v) is 7.83. The van der Waals surface area contributed by atoms with E-state index >= 15 is 0 Å². The molecule has 1 saturated heterocycles. The molecule has 2 atom stereocenters. The fourth-order valence-corrected chi connectivity index (χ4v) is 4.28.